The second-order valence-corrected chi connectivity index (χ2v) is 10.1. The van der Waals surface area contributed by atoms with Crippen LogP contribution in [0.5, 0.6) is 5.75 Å². The van der Waals surface area contributed by atoms with Crippen molar-refractivity contribution >= 4 is 39.0 Å². The quantitative estimate of drug-likeness (QED) is 0.691. The van der Waals surface area contributed by atoms with Crippen molar-refractivity contribution in [1.82, 2.24) is 4.31 Å². The minimum Gasteiger partial charge on any atom is -0.486 e. The van der Waals surface area contributed by atoms with E-state index < -0.39 is 15.6 Å². The molecule has 0 radical (unpaired) electrons. The van der Waals surface area contributed by atoms with Crippen LogP contribution in [0.3, 0.4) is 0 Å². The van der Waals surface area contributed by atoms with E-state index in [1.807, 2.05) is 6.92 Å². The van der Waals surface area contributed by atoms with Gasteiger partial charge in [-0.25, -0.2) is 8.42 Å². The molecular weight excluding hydrogens is 421 g/mol. The lowest BCUT2D eigenvalue weighted by molar-refractivity contribution is 0.00588. The van der Waals surface area contributed by atoms with Crippen molar-refractivity contribution in [3.63, 3.8) is 0 Å². The highest BCUT2D eigenvalue weighted by atomic mass is 35.5. The van der Waals surface area contributed by atoms with Crippen molar-refractivity contribution < 1.29 is 17.9 Å². The Morgan fingerprint density at radius 1 is 1.07 bits per heavy atom. The number of hydrogen-bond acceptors (Lipinski definition) is 4. The number of ketones is 1. The molecule has 4 rings (SSSR count). The Morgan fingerprint density at radius 2 is 1.71 bits per heavy atom. The van der Waals surface area contributed by atoms with E-state index in [9.17, 15) is 13.2 Å². The molecule has 28 heavy (non-hydrogen) atoms. The van der Waals surface area contributed by atoms with E-state index in [0.29, 0.717) is 47.3 Å². The monoisotopic (exact) mass is 439 g/mol. The Balaban J connectivity index is 1.54. The van der Waals surface area contributed by atoms with E-state index in [0.717, 1.165) is 5.56 Å². The fourth-order valence-corrected chi connectivity index (χ4v) is 5.51. The van der Waals surface area contributed by atoms with Gasteiger partial charge in [0.15, 0.2) is 5.78 Å². The fraction of sp³-hybridized carbons (Fsp3) is 0.350. The van der Waals surface area contributed by atoms with Crippen molar-refractivity contribution in [2.45, 2.75) is 36.7 Å². The molecule has 2 aliphatic rings. The standard InChI is InChI=1S/C20H19Cl2NO4S/c1-13-10-19-16(11-17(13)22)18(24)12-20(27-19)6-8-23(9-7-20)28(25,26)15-4-2-14(21)3-5-15/h2-5,10-11H,6-9,12H2,1H3. The Labute approximate surface area is 174 Å². The van der Waals surface area contributed by atoms with Crippen LogP contribution < -0.4 is 4.74 Å². The van der Waals surface area contributed by atoms with Crippen LogP contribution in [0, 0.1) is 6.92 Å². The summed E-state index contributed by atoms with van der Waals surface area (Å²) >= 11 is 12.0. The SMILES string of the molecule is Cc1cc2c(cc1Cl)C(=O)CC1(CCN(S(=O)(=O)c3ccc(Cl)cc3)CC1)O2. The summed E-state index contributed by atoms with van der Waals surface area (Å²) in [5, 5.41) is 1.02. The molecule has 2 aliphatic heterocycles. The van der Waals surface area contributed by atoms with Crippen LogP contribution in [0.4, 0.5) is 0 Å². The van der Waals surface area contributed by atoms with Gasteiger partial charge in [-0.3, -0.25) is 4.79 Å². The molecule has 1 spiro atoms. The first-order valence-corrected chi connectivity index (χ1v) is 11.2. The Morgan fingerprint density at radius 3 is 2.36 bits per heavy atom. The van der Waals surface area contributed by atoms with Gasteiger partial charge in [0.05, 0.1) is 16.9 Å². The van der Waals surface area contributed by atoms with E-state index in [1.165, 1.54) is 16.4 Å². The number of halogens is 2. The molecule has 1 saturated heterocycles. The minimum absolute atomic E-state index is 0.0165. The highest BCUT2D eigenvalue weighted by Crippen LogP contribution is 2.41. The maximum atomic E-state index is 12.9. The summed E-state index contributed by atoms with van der Waals surface area (Å²) in [6.45, 7) is 2.44. The third-order valence-electron chi connectivity index (χ3n) is 5.46. The van der Waals surface area contributed by atoms with Gasteiger partial charge in [-0.15, -0.1) is 0 Å². The number of sulfonamides is 1. The molecule has 0 amide bonds. The van der Waals surface area contributed by atoms with Gasteiger partial charge in [0, 0.05) is 36.0 Å². The summed E-state index contributed by atoms with van der Waals surface area (Å²) < 4.78 is 33.4. The van der Waals surface area contributed by atoms with Gasteiger partial charge in [-0.1, -0.05) is 23.2 Å². The van der Waals surface area contributed by atoms with E-state index in [1.54, 1.807) is 24.3 Å². The van der Waals surface area contributed by atoms with E-state index in [4.69, 9.17) is 27.9 Å². The first kappa shape index (κ1) is 19.7. The zero-order valence-corrected chi connectivity index (χ0v) is 17.6. The molecule has 0 saturated carbocycles. The molecule has 2 heterocycles. The normalized spacial score (nSPS) is 19.3. The Hall–Kier alpha value is -1.60. The van der Waals surface area contributed by atoms with Crippen LogP contribution in [0.15, 0.2) is 41.3 Å². The first-order chi connectivity index (χ1) is 13.2. The zero-order chi connectivity index (χ0) is 20.1. The summed E-state index contributed by atoms with van der Waals surface area (Å²) in [5.41, 5.74) is 0.668. The van der Waals surface area contributed by atoms with Gasteiger partial charge >= 0.3 is 0 Å². The molecule has 0 aromatic heterocycles. The number of Topliss-reactive ketones (excluding diaryl/α,β-unsaturated/α-hetero) is 1. The largest absolute Gasteiger partial charge is 0.486 e. The number of rotatable bonds is 2. The Bertz CT molecular complexity index is 1040. The van der Waals surface area contributed by atoms with Crippen LogP contribution in [-0.4, -0.2) is 37.2 Å². The Kier molecular flexibility index (Phi) is 4.94. The summed E-state index contributed by atoms with van der Waals surface area (Å²) in [6, 6.07) is 9.58. The molecule has 8 heteroatoms. The molecule has 0 atom stereocenters. The summed E-state index contributed by atoms with van der Waals surface area (Å²) in [4.78, 5) is 12.9. The number of ether oxygens (including phenoxy) is 1. The number of nitrogens with zero attached hydrogens (tertiary/aromatic N) is 1. The van der Waals surface area contributed by atoms with Gasteiger partial charge in [0.25, 0.3) is 0 Å². The summed E-state index contributed by atoms with van der Waals surface area (Å²) in [5.74, 6) is 0.518. The number of piperidine rings is 1. The van der Waals surface area contributed by atoms with Gasteiger partial charge < -0.3 is 4.74 Å². The third kappa shape index (κ3) is 3.43. The fourth-order valence-electron chi connectivity index (χ4n) is 3.78. The predicted octanol–water partition coefficient (Wildman–Crippen LogP) is 4.49. The molecule has 148 valence electrons. The van der Waals surface area contributed by atoms with Crippen molar-refractivity contribution in [2.24, 2.45) is 0 Å². The molecule has 2 aromatic rings. The average molecular weight is 440 g/mol. The number of carbonyl (C=O) groups excluding carboxylic acids is 1. The van der Waals surface area contributed by atoms with Crippen molar-refractivity contribution in [1.29, 1.82) is 0 Å². The molecule has 0 unspecified atom stereocenters. The lowest BCUT2D eigenvalue weighted by Gasteiger charge is -2.43. The van der Waals surface area contributed by atoms with Crippen molar-refractivity contribution in [3.8, 4) is 5.75 Å². The van der Waals surface area contributed by atoms with Crippen LogP contribution in [0.25, 0.3) is 0 Å². The summed E-state index contributed by atoms with van der Waals surface area (Å²) in [6.07, 6.45) is 1.13. The highest BCUT2D eigenvalue weighted by molar-refractivity contribution is 7.89. The van der Waals surface area contributed by atoms with E-state index in [2.05, 4.69) is 0 Å². The number of aryl methyl sites for hydroxylation is 1. The molecular formula is C20H19Cl2NO4S. The van der Waals surface area contributed by atoms with Gasteiger partial charge in [0.1, 0.15) is 11.4 Å². The van der Waals surface area contributed by atoms with Crippen molar-refractivity contribution in [2.75, 3.05) is 13.1 Å². The maximum absolute atomic E-state index is 12.9. The molecule has 1 fully saturated rings. The van der Waals surface area contributed by atoms with Crippen LogP contribution in [0.1, 0.15) is 35.2 Å². The molecule has 0 aliphatic carbocycles. The van der Waals surface area contributed by atoms with E-state index >= 15 is 0 Å². The number of benzene rings is 2. The first-order valence-electron chi connectivity index (χ1n) is 8.98. The third-order valence-corrected chi connectivity index (χ3v) is 8.03. The van der Waals surface area contributed by atoms with Crippen molar-refractivity contribution in [3.05, 3.63) is 57.6 Å². The van der Waals surface area contributed by atoms with Crippen LogP contribution in [-0.2, 0) is 10.0 Å². The minimum atomic E-state index is -3.60. The second kappa shape index (κ2) is 7.02. The maximum Gasteiger partial charge on any atom is 0.243 e. The zero-order valence-electron chi connectivity index (χ0n) is 15.2. The highest BCUT2D eigenvalue weighted by Gasteiger charge is 2.45. The summed E-state index contributed by atoms with van der Waals surface area (Å²) in [7, 11) is -3.60. The molecule has 5 nitrogen and oxygen atoms in total. The van der Waals surface area contributed by atoms with Crippen LogP contribution >= 0.6 is 23.2 Å². The van der Waals surface area contributed by atoms with Crippen LogP contribution in [0.2, 0.25) is 10.0 Å². The predicted molar refractivity (Wildman–Crippen MR) is 108 cm³/mol. The lowest BCUT2D eigenvalue weighted by Crippen LogP contribution is -2.52. The number of hydrogen-bond donors (Lipinski definition) is 0. The topological polar surface area (TPSA) is 63.7 Å². The van der Waals surface area contributed by atoms with Gasteiger partial charge in [-0.05, 0) is 48.9 Å². The lowest BCUT2D eigenvalue weighted by atomic mass is 9.83. The van der Waals surface area contributed by atoms with Gasteiger partial charge in [-0.2, -0.15) is 4.31 Å². The van der Waals surface area contributed by atoms with Gasteiger partial charge in [0.2, 0.25) is 10.0 Å². The average Bonchev–Trinajstić information content (AvgIpc) is 2.64. The smallest absolute Gasteiger partial charge is 0.243 e. The number of fused-ring (bicyclic) bond motifs is 1. The second-order valence-electron chi connectivity index (χ2n) is 7.34. The molecule has 0 N–H and O–H groups in total. The molecule has 2 aromatic carbocycles. The number of carbonyl (C=O) groups is 1. The van der Waals surface area contributed by atoms with E-state index in [-0.39, 0.29) is 17.1 Å². The molecule has 0 bridgehead atoms.